The van der Waals surface area contributed by atoms with Gasteiger partial charge in [-0.1, -0.05) is 18.2 Å². The van der Waals surface area contributed by atoms with Gasteiger partial charge < -0.3 is 4.74 Å². The summed E-state index contributed by atoms with van der Waals surface area (Å²) in [5.74, 6) is -0.449. The first-order valence-corrected chi connectivity index (χ1v) is 8.62. The van der Waals surface area contributed by atoms with E-state index < -0.39 is 21.9 Å². The van der Waals surface area contributed by atoms with Crippen molar-refractivity contribution in [1.82, 2.24) is 0 Å². The van der Waals surface area contributed by atoms with Crippen LogP contribution in [0.3, 0.4) is 0 Å². The van der Waals surface area contributed by atoms with Crippen molar-refractivity contribution in [3.8, 4) is 0 Å². The van der Waals surface area contributed by atoms with Crippen molar-refractivity contribution in [1.29, 1.82) is 0 Å². The minimum absolute atomic E-state index is 0.0723. The maximum absolute atomic E-state index is 11.8. The van der Waals surface area contributed by atoms with E-state index in [0.717, 1.165) is 0 Å². The van der Waals surface area contributed by atoms with Crippen LogP contribution in [0.5, 0.6) is 0 Å². The molecular weight excluding hydrogens is 272 g/mol. The third-order valence-electron chi connectivity index (χ3n) is 2.82. The highest BCUT2D eigenvalue weighted by Crippen LogP contribution is 2.26. The van der Waals surface area contributed by atoms with E-state index in [1.807, 2.05) is 12.3 Å². The van der Waals surface area contributed by atoms with E-state index in [-0.39, 0.29) is 16.8 Å². The van der Waals surface area contributed by atoms with Gasteiger partial charge in [-0.05, 0) is 18.4 Å². The lowest BCUT2D eigenvalue weighted by molar-refractivity contribution is 0.0366. The fourth-order valence-electron chi connectivity index (χ4n) is 1.89. The van der Waals surface area contributed by atoms with Crippen LogP contribution in [0.15, 0.2) is 30.3 Å². The van der Waals surface area contributed by atoms with E-state index >= 15 is 0 Å². The minimum atomic E-state index is -3.08. The van der Waals surface area contributed by atoms with Crippen molar-refractivity contribution < 1.29 is 17.9 Å². The molecule has 98 valence electrons. The Morgan fingerprint density at radius 3 is 2.56 bits per heavy atom. The normalized spacial score (nSPS) is 25.8. The predicted octanol–water partition coefficient (Wildman–Crippen LogP) is 1.37. The molecule has 1 fully saturated rings. The molecule has 1 aromatic rings. The average Bonchev–Trinajstić information content (AvgIpc) is 2.65. The van der Waals surface area contributed by atoms with Crippen molar-refractivity contribution in [3.05, 3.63) is 35.9 Å². The van der Waals surface area contributed by atoms with Crippen molar-refractivity contribution in [3.63, 3.8) is 0 Å². The first-order valence-electron chi connectivity index (χ1n) is 5.51. The largest absolute Gasteiger partial charge is 0.456 e. The van der Waals surface area contributed by atoms with Gasteiger partial charge >= 0.3 is 5.97 Å². The van der Waals surface area contributed by atoms with Crippen LogP contribution in [0.2, 0.25) is 0 Å². The van der Waals surface area contributed by atoms with Gasteiger partial charge in [-0.3, -0.25) is 0 Å². The van der Waals surface area contributed by atoms with Gasteiger partial charge in [0.05, 0.1) is 22.3 Å². The number of carbonyl (C=O) groups is 1. The van der Waals surface area contributed by atoms with Crippen LogP contribution in [0, 0.1) is 0 Å². The Hall–Kier alpha value is -1.01. The van der Waals surface area contributed by atoms with Crippen molar-refractivity contribution in [2.75, 3.05) is 17.8 Å². The average molecular weight is 286 g/mol. The van der Waals surface area contributed by atoms with Crippen LogP contribution in [0.1, 0.15) is 10.4 Å². The zero-order chi connectivity index (χ0) is 13.2. The summed E-state index contributed by atoms with van der Waals surface area (Å²) in [6.07, 6.45) is 1.28. The molecule has 0 N–H and O–H groups in total. The molecule has 0 saturated carbocycles. The Morgan fingerprint density at radius 2 is 1.94 bits per heavy atom. The smallest absolute Gasteiger partial charge is 0.338 e. The predicted molar refractivity (Wildman–Crippen MR) is 71.6 cm³/mol. The molecule has 2 unspecified atom stereocenters. The van der Waals surface area contributed by atoms with E-state index in [4.69, 9.17) is 4.74 Å². The van der Waals surface area contributed by atoms with E-state index in [1.54, 1.807) is 24.3 Å². The van der Waals surface area contributed by atoms with Gasteiger partial charge in [-0.15, -0.1) is 0 Å². The molecule has 0 amide bonds. The molecule has 0 bridgehead atoms. The molecule has 0 aromatic heterocycles. The van der Waals surface area contributed by atoms with Gasteiger partial charge in [0.2, 0.25) is 0 Å². The second-order valence-electron chi connectivity index (χ2n) is 4.16. The maximum Gasteiger partial charge on any atom is 0.338 e. The highest BCUT2D eigenvalue weighted by atomic mass is 32.2. The number of rotatable bonds is 3. The van der Waals surface area contributed by atoms with Crippen LogP contribution < -0.4 is 0 Å². The van der Waals surface area contributed by atoms with E-state index in [0.29, 0.717) is 5.56 Å². The Morgan fingerprint density at radius 1 is 1.28 bits per heavy atom. The zero-order valence-electron chi connectivity index (χ0n) is 9.91. The summed E-state index contributed by atoms with van der Waals surface area (Å²) in [7, 11) is -3.08. The first kappa shape index (κ1) is 13.4. The fourth-order valence-corrected chi connectivity index (χ4v) is 5.29. The molecule has 1 aromatic carbocycles. The minimum Gasteiger partial charge on any atom is -0.456 e. The summed E-state index contributed by atoms with van der Waals surface area (Å²) < 4.78 is 28.3. The molecule has 1 aliphatic heterocycles. The lowest BCUT2D eigenvalue weighted by atomic mass is 10.2. The standard InChI is InChI=1S/C12H14O4S2/c1-17-11-8-18(14,15)7-10(11)16-12(13)9-5-3-2-4-6-9/h2-6,10-11H,7-8H2,1H3. The summed E-state index contributed by atoms with van der Waals surface area (Å²) in [5.41, 5.74) is 0.446. The first-order chi connectivity index (χ1) is 8.52. The van der Waals surface area contributed by atoms with E-state index in [9.17, 15) is 13.2 Å². The van der Waals surface area contributed by atoms with Crippen LogP contribution >= 0.6 is 11.8 Å². The van der Waals surface area contributed by atoms with Gasteiger partial charge in [0, 0.05) is 0 Å². The number of thioether (sulfide) groups is 1. The Labute approximate surface area is 111 Å². The molecule has 6 heteroatoms. The number of hydrogen-bond donors (Lipinski definition) is 0. The second-order valence-corrected chi connectivity index (χ2v) is 7.39. The van der Waals surface area contributed by atoms with Crippen molar-refractivity contribution in [2.45, 2.75) is 11.4 Å². The quantitative estimate of drug-likeness (QED) is 0.785. The summed E-state index contributed by atoms with van der Waals surface area (Å²) in [6, 6.07) is 8.60. The van der Waals surface area contributed by atoms with E-state index in [1.165, 1.54) is 11.8 Å². The number of benzene rings is 1. The number of ether oxygens (including phenoxy) is 1. The monoisotopic (exact) mass is 286 g/mol. The number of sulfone groups is 1. The number of esters is 1. The van der Waals surface area contributed by atoms with E-state index in [2.05, 4.69) is 0 Å². The summed E-state index contributed by atoms with van der Waals surface area (Å²) in [4.78, 5) is 11.8. The summed E-state index contributed by atoms with van der Waals surface area (Å²) in [6.45, 7) is 0. The molecule has 1 aliphatic rings. The van der Waals surface area contributed by atoms with Gasteiger partial charge in [0.1, 0.15) is 6.10 Å². The fraction of sp³-hybridized carbons (Fsp3) is 0.417. The number of carbonyl (C=O) groups excluding carboxylic acids is 1. The van der Waals surface area contributed by atoms with Gasteiger partial charge in [0.15, 0.2) is 9.84 Å². The molecule has 2 rings (SSSR count). The Balaban J connectivity index is 2.08. The molecule has 0 radical (unpaired) electrons. The van der Waals surface area contributed by atoms with Gasteiger partial charge in [-0.25, -0.2) is 13.2 Å². The molecule has 18 heavy (non-hydrogen) atoms. The maximum atomic E-state index is 11.8. The molecule has 1 heterocycles. The summed E-state index contributed by atoms with van der Waals surface area (Å²) >= 11 is 1.42. The molecule has 2 atom stereocenters. The highest BCUT2D eigenvalue weighted by Gasteiger charge is 2.39. The molecule has 4 nitrogen and oxygen atoms in total. The third kappa shape index (κ3) is 3.05. The van der Waals surface area contributed by atoms with Crippen LogP contribution in [-0.4, -0.2) is 43.5 Å². The van der Waals surface area contributed by atoms with Crippen LogP contribution in [-0.2, 0) is 14.6 Å². The SMILES string of the molecule is CSC1CS(=O)(=O)CC1OC(=O)c1ccccc1. The Bertz CT molecular complexity index is 524. The molecular formula is C12H14O4S2. The van der Waals surface area contributed by atoms with Crippen LogP contribution in [0.25, 0.3) is 0 Å². The van der Waals surface area contributed by atoms with Crippen molar-refractivity contribution in [2.24, 2.45) is 0 Å². The van der Waals surface area contributed by atoms with Crippen LogP contribution in [0.4, 0.5) is 0 Å². The number of hydrogen-bond acceptors (Lipinski definition) is 5. The molecule has 1 saturated heterocycles. The Kier molecular flexibility index (Phi) is 3.97. The molecule has 0 spiro atoms. The zero-order valence-corrected chi connectivity index (χ0v) is 11.5. The highest BCUT2D eigenvalue weighted by molar-refractivity contribution is 8.01. The second kappa shape index (κ2) is 5.32. The topological polar surface area (TPSA) is 60.4 Å². The van der Waals surface area contributed by atoms with Gasteiger partial charge in [0.25, 0.3) is 0 Å². The van der Waals surface area contributed by atoms with Gasteiger partial charge in [-0.2, -0.15) is 11.8 Å². The summed E-state index contributed by atoms with van der Waals surface area (Å²) in [5, 5.41) is -0.164. The van der Waals surface area contributed by atoms with Crippen molar-refractivity contribution >= 4 is 27.6 Å². The third-order valence-corrected chi connectivity index (χ3v) is 5.81. The molecule has 0 aliphatic carbocycles. The lowest BCUT2D eigenvalue weighted by Crippen LogP contribution is -2.27. The lowest BCUT2D eigenvalue weighted by Gasteiger charge is -2.16.